The number of aromatic nitrogens is 1. The van der Waals surface area contributed by atoms with Gasteiger partial charge >= 0.3 is 0 Å². The van der Waals surface area contributed by atoms with E-state index in [9.17, 15) is 9.90 Å². The summed E-state index contributed by atoms with van der Waals surface area (Å²) >= 11 is 1.42. The zero-order valence-electron chi connectivity index (χ0n) is 13.3. The molecule has 122 valence electrons. The summed E-state index contributed by atoms with van der Waals surface area (Å²) in [5.74, 6) is -0.230. The molecule has 0 aliphatic heterocycles. The zero-order valence-corrected chi connectivity index (χ0v) is 14.1. The number of nitrogens with one attached hydrogen (secondary N) is 1. The van der Waals surface area contributed by atoms with Crippen LogP contribution in [0.5, 0.6) is 0 Å². The monoisotopic (exact) mass is 338 g/mol. The zero-order chi connectivity index (χ0) is 16.9. The molecule has 1 atom stereocenters. The predicted molar refractivity (Wildman–Crippen MR) is 97.3 cm³/mol. The highest BCUT2D eigenvalue weighted by Gasteiger charge is 2.15. The normalized spacial score (nSPS) is 12.1. The lowest BCUT2D eigenvalue weighted by molar-refractivity contribution is 0.0913. The van der Waals surface area contributed by atoms with Gasteiger partial charge in [0.25, 0.3) is 5.91 Å². The van der Waals surface area contributed by atoms with Crippen LogP contribution < -0.4 is 5.32 Å². The first-order valence-corrected chi connectivity index (χ1v) is 8.86. The van der Waals surface area contributed by atoms with Crippen LogP contribution in [0.2, 0.25) is 0 Å². The molecule has 1 heterocycles. The average Bonchev–Trinajstić information content (AvgIpc) is 2.65. The molecule has 3 rings (SSSR count). The number of aliphatic hydroxyl groups is 1. The molecular weight excluding hydrogens is 320 g/mol. The molecule has 3 aromatic rings. The minimum absolute atomic E-state index is 0.148. The van der Waals surface area contributed by atoms with Crippen LogP contribution >= 0.6 is 11.8 Å². The van der Waals surface area contributed by atoms with Crippen LogP contribution in [0.25, 0.3) is 10.8 Å². The van der Waals surface area contributed by atoms with Gasteiger partial charge in [-0.05, 0) is 34.7 Å². The molecule has 0 spiro atoms. The van der Waals surface area contributed by atoms with Gasteiger partial charge in [0.1, 0.15) is 5.03 Å². The van der Waals surface area contributed by atoms with Gasteiger partial charge in [0.2, 0.25) is 0 Å². The van der Waals surface area contributed by atoms with Crippen molar-refractivity contribution in [3.63, 3.8) is 0 Å². The molecule has 1 aromatic heterocycles. The number of rotatable bonds is 5. The number of carbonyl (C=O) groups excluding carboxylic acids is 1. The maximum Gasteiger partial charge on any atom is 0.254 e. The Labute approximate surface area is 144 Å². The molecule has 4 nitrogen and oxygen atoms in total. The Kier molecular flexibility index (Phi) is 5.13. The molecule has 24 heavy (non-hydrogen) atoms. The summed E-state index contributed by atoms with van der Waals surface area (Å²) < 4.78 is 0. The summed E-state index contributed by atoms with van der Waals surface area (Å²) in [6.45, 7) is 0.148. The van der Waals surface area contributed by atoms with E-state index < -0.39 is 6.10 Å². The third-order valence-electron chi connectivity index (χ3n) is 3.85. The lowest BCUT2D eigenvalue weighted by Gasteiger charge is -2.15. The molecule has 2 aromatic carbocycles. The van der Waals surface area contributed by atoms with Crippen LogP contribution in [0.3, 0.4) is 0 Å². The number of pyridine rings is 1. The van der Waals surface area contributed by atoms with Gasteiger partial charge in [-0.25, -0.2) is 4.98 Å². The van der Waals surface area contributed by atoms with Crippen molar-refractivity contribution in [1.82, 2.24) is 10.3 Å². The molecule has 0 fully saturated rings. The molecule has 0 radical (unpaired) electrons. The van der Waals surface area contributed by atoms with Gasteiger partial charge in [-0.1, -0.05) is 42.5 Å². The minimum Gasteiger partial charge on any atom is -0.387 e. The quantitative estimate of drug-likeness (QED) is 0.700. The molecule has 0 aliphatic rings. The van der Waals surface area contributed by atoms with Crippen LogP contribution in [-0.2, 0) is 0 Å². The van der Waals surface area contributed by atoms with Crippen molar-refractivity contribution in [3.05, 3.63) is 71.9 Å². The molecule has 1 amide bonds. The summed E-state index contributed by atoms with van der Waals surface area (Å²) in [6.07, 6.45) is 2.77. The van der Waals surface area contributed by atoms with E-state index in [-0.39, 0.29) is 12.5 Å². The first-order chi connectivity index (χ1) is 11.7. The molecule has 0 bridgehead atoms. The number of hydrogen-bond donors (Lipinski definition) is 2. The van der Waals surface area contributed by atoms with Crippen molar-refractivity contribution in [3.8, 4) is 0 Å². The van der Waals surface area contributed by atoms with Crippen molar-refractivity contribution in [2.75, 3.05) is 12.8 Å². The number of amides is 1. The molecule has 5 heteroatoms. The molecule has 0 unspecified atom stereocenters. The molecule has 2 N–H and O–H groups in total. The third kappa shape index (κ3) is 3.42. The number of nitrogens with zero attached hydrogens (tertiary/aromatic N) is 1. The fraction of sp³-hybridized carbons (Fsp3) is 0.158. The van der Waals surface area contributed by atoms with Crippen LogP contribution in [0.15, 0.2) is 65.8 Å². The average molecular weight is 338 g/mol. The van der Waals surface area contributed by atoms with E-state index in [0.29, 0.717) is 10.6 Å². The number of thioether (sulfide) groups is 1. The number of carbonyl (C=O) groups is 1. The van der Waals surface area contributed by atoms with E-state index >= 15 is 0 Å². The van der Waals surface area contributed by atoms with Crippen molar-refractivity contribution in [1.29, 1.82) is 0 Å². The second kappa shape index (κ2) is 7.47. The topological polar surface area (TPSA) is 62.2 Å². The predicted octanol–water partition coefficient (Wildman–Crippen LogP) is 3.42. The van der Waals surface area contributed by atoms with E-state index in [1.165, 1.54) is 11.8 Å². The Morgan fingerprint density at radius 1 is 1.17 bits per heavy atom. The first-order valence-electron chi connectivity index (χ1n) is 7.63. The summed E-state index contributed by atoms with van der Waals surface area (Å²) in [7, 11) is 0. The Morgan fingerprint density at radius 2 is 1.96 bits per heavy atom. The van der Waals surface area contributed by atoms with E-state index in [1.807, 2.05) is 48.7 Å². The Hall–Kier alpha value is -2.37. The van der Waals surface area contributed by atoms with E-state index in [0.717, 1.165) is 16.3 Å². The molecule has 0 saturated heterocycles. The van der Waals surface area contributed by atoms with Crippen molar-refractivity contribution in [2.45, 2.75) is 11.1 Å². The van der Waals surface area contributed by atoms with E-state index in [1.54, 1.807) is 18.3 Å². The molecular formula is C19H18N2O2S. The Balaban J connectivity index is 1.75. The fourth-order valence-electron chi connectivity index (χ4n) is 2.66. The standard InChI is InChI=1S/C19H18N2O2S/c1-24-19-16(10-5-11-20-19)18(23)21-12-17(22)15-9-4-7-13-6-2-3-8-14(13)15/h2-11,17,22H,12H2,1H3,(H,21,23)/t17-/m0/s1. The molecule has 0 aliphatic carbocycles. The number of fused-ring (bicyclic) bond motifs is 1. The smallest absolute Gasteiger partial charge is 0.254 e. The minimum atomic E-state index is -0.769. The van der Waals surface area contributed by atoms with Crippen molar-refractivity contribution in [2.24, 2.45) is 0 Å². The highest BCUT2D eigenvalue weighted by atomic mass is 32.2. The highest BCUT2D eigenvalue weighted by Crippen LogP contribution is 2.24. The summed E-state index contributed by atoms with van der Waals surface area (Å²) in [4.78, 5) is 16.5. The SMILES string of the molecule is CSc1ncccc1C(=O)NC[C@H](O)c1cccc2ccccc12. The molecule has 0 saturated carbocycles. The van der Waals surface area contributed by atoms with Crippen LogP contribution in [0, 0.1) is 0 Å². The highest BCUT2D eigenvalue weighted by molar-refractivity contribution is 7.98. The van der Waals surface area contributed by atoms with E-state index in [2.05, 4.69) is 10.3 Å². The summed E-state index contributed by atoms with van der Waals surface area (Å²) in [6, 6.07) is 17.2. The van der Waals surface area contributed by atoms with Gasteiger partial charge in [0, 0.05) is 12.7 Å². The summed E-state index contributed by atoms with van der Waals surface area (Å²) in [5.41, 5.74) is 1.33. The van der Waals surface area contributed by atoms with Gasteiger partial charge in [-0.15, -0.1) is 11.8 Å². The number of aliphatic hydroxyl groups excluding tert-OH is 1. The lowest BCUT2D eigenvalue weighted by atomic mass is 10.0. The van der Waals surface area contributed by atoms with Gasteiger partial charge in [-0.2, -0.15) is 0 Å². The van der Waals surface area contributed by atoms with Gasteiger partial charge in [-0.3, -0.25) is 4.79 Å². The first kappa shape index (κ1) is 16.5. The van der Waals surface area contributed by atoms with Gasteiger partial charge in [0.05, 0.1) is 11.7 Å². The maximum absolute atomic E-state index is 12.3. The van der Waals surface area contributed by atoms with Gasteiger partial charge in [0.15, 0.2) is 0 Å². The van der Waals surface area contributed by atoms with Crippen LogP contribution in [0.4, 0.5) is 0 Å². The van der Waals surface area contributed by atoms with Gasteiger partial charge < -0.3 is 10.4 Å². The largest absolute Gasteiger partial charge is 0.387 e. The Bertz CT molecular complexity index is 861. The van der Waals surface area contributed by atoms with E-state index in [4.69, 9.17) is 0 Å². The lowest BCUT2D eigenvalue weighted by Crippen LogP contribution is -2.29. The number of benzene rings is 2. The van der Waals surface area contributed by atoms with Crippen molar-refractivity contribution >= 4 is 28.4 Å². The second-order valence-corrected chi connectivity index (χ2v) is 6.15. The fourth-order valence-corrected chi connectivity index (χ4v) is 3.21. The van der Waals surface area contributed by atoms with Crippen LogP contribution in [0.1, 0.15) is 22.0 Å². The maximum atomic E-state index is 12.3. The number of hydrogen-bond acceptors (Lipinski definition) is 4. The third-order valence-corrected chi connectivity index (χ3v) is 4.56. The Morgan fingerprint density at radius 3 is 2.79 bits per heavy atom. The van der Waals surface area contributed by atoms with Crippen molar-refractivity contribution < 1.29 is 9.90 Å². The van der Waals surface area contributed by atoms with Crippen LogP contribution in [-0.4, -0.2) is 28.8 Å². The summed E-state index contributed by atoms with van der Waals surface area (Å²) in [5, 5.41) is 16.0. The second-order valence-electron chi connectivity index (χ2n) is 5.35.